The molecule has 0 saturated carbocycles. The summed E-state index contributed by atoms with van der Waals surface area (Å²) in [6.07, 6.45) is -0.0983. The van der Waals surface area contributed by atoms with Crippen LogP contribution in [0.25, 0.3) is 0 Å². The van der Waals surface area contributed by atoms with E-state index in [1.807, 2.05) is 13.8 Å². The van der Waals surface area contributed by atoms with Gasteiger partial charge in [-0.1, -0.05) is 6.07 Å². The third-order valence-electron chi connectivity index (χ3n) is 2.51. The predicted molar refractivity (Wildman–Crippen MR) is 75.6 cm³/mol. The minimum Gasteiger partial charge on any atom is -0.473 e. The van der Waals surface area contributed by atoms with E-state index in [0.29, 0.717) is 5.69 Å². The summed E-state index contributed by atoms with van der Waals surface area (Å²) in [5.74, 6) is -0.159. The largest absolute Gasteiger partial charge is 0.473 e. The summed E-state index contributed by atoms with van der Waals surface area (Å²) < 4.78 is 24.4. The van der Waals surface area contributed by atoms with Crippen molar-refractivity contribution in [2.45, 2.75) is 20.0 Å². The van der Waals surface area contributed by atoms with Gasteiger partial charge in [-0.2, -0.15) is 10.2 Å². The maximum Gasteiger partial charge on any atom is 0.240 e. The minimum atomic E-state index is -0.649. The van der Waals surface area contributed by atoms with Gasteiger partial charge >= 0.3 is 0 Å². The summed E-state index contributed by atoms with van der Waals surface area (Å²) in [4.78, 5) is 4.11. The molecular formula is C15H14FN3O2. The zero-order valence-electron chi connectivity index (χ0n) is 11.6. The Balaban J connectivity index is 2.33. The molecule has 108 valence electrons. The van der Waals surface area contributed by atoms with Crippen LogP contribution in [0.1, 0.15) is 19.4 Å². The fourth-order valence-electron chi connectivity index (χ4n) is 1.62. The quantitative estimate of drug-likeness (QED) is 0.933. The van der Waals surface area contributed by atoms with Crippen molar-refractivity contribution in [1.29, 1.82) is 5.26 Å². The maximum atomic E-state index is 13.5. The third kappa shape index (κ3) is 3.39. The average molecular weight is 287 g/mol. The SMILES string of the molecule is CC(C)Oc1nc(Oc2cccc(F)c2C#N)ccc1N. The minimum absolute atomic E-state index is 0.0882. The highest BCUT2D eigenvalue weighted by Crippen LogP contribution is 2.29. The molecule has 2 aromatic rings. The van der Waals surface area contributed by atoms with Gasteiger partial charge in [0.1, 0.15) is 23.2 Å². The number of ether oxygens (including phenoxy) is 2. The number of benzene rings is 1. The molecule has 0 saturated heterocycles. The zero-order chi connectivity index (χ0) is 15.4. The summed E-state index contributed by atoms with van der Waals surface area (Å²) in [6.45, 7) is 3.68. The second kappa shape index (κ2) is 6.09. The van der Waals surface area contributed by atoms with Crippen LogP contribution >= 0.6 is 0 Å². The Morgan fingerprint density at radius 2 is 2.05 bits per heavy atom. The van der Waals surface area contributed by atoms with Gasteiger partial charge in [0.2, 0.25) is 11.8 Å². The van der Waals surface area contributed by atoms with Crippen molar-refractivity contribution >= 4 is 5.69 Å². The summed E-state index contributed by atoms with van der Waals surface area (Å²) in [7, 11) is 0. The number of nitrogens with two attached hydrogens (primary N) is 1. The van der Waals surface area contributed by atoms with Crippen molar-refractivity contribution in [3.05, 3.63) is 41.7 Å². The Morgan fingerprint density at radius 1 is 1.29 bits per heavy atom. The van der Waals surface area contributed by atoms with Gasteiger partial charge in [0, 0.05) is 6.07 Å². The molecule has 0 amide bonds. The van der Waals surface area contributed by atoms with Crippen LogP contribution in [0.15, 0.2) is 30.3 Å². The van der Waals surface area contributed by atoms with E-state index in [4.69, 9.17) is 20.5 Å². The number of nitrogen functional groups attached to an aromatic ring is 1. The number of aromatic nitrogens is 1. The number of anilines is 1. The normalized spacial score (nSPS) is 10.2. The molecule has 0 aliphatic heterocycles. The molecule has 0 bridgehead atoms. The van der Waals surface area contributed by atoms with Gasteiger partial charge in [0.25, 0.3) is 0 Å². The smallest absolute Gasteiger partial charge is 0.240 e. The number of nitriles is 1. The van der Waals surface area contributed by atoms with Crippen molar-refractivity contribution in [3.8, 4) is 23.6 Å². The van der Waals surface area contributed by atoms with E-state index in [9.17, 15) is 4.39 Å². The third-order valence-corrected chi connectivity index (χ3v) is 2.51. The molecule has 1 heterocycles. The van der Waals surface area contributed by atoms with Crippen LogP contribution in [-0.2, 0) is 0 Å². The van der Waals surface area contributed by atoms with Gasteiger partial charge in [0.15, 0.2) is 0 Å². The molecule has 0 aliphatic rings. The Labute approximate surface area is 121 Å². The summed E-state index contributed by atoms with van der Waals surface area (Å²) in [5, 5.41) is 8.96. The van der Waals surface area contributed by atoms with Crippen LogP contribution in [0.2, 0.25) is 0 Å². The molecule has 6 heteroatoms. The van der Waals surface area contributed by atoms with Crippen LogP contribution in [0.3, 0.4) is 0 Å². The van der Waals surface area contributed by atoms with Crippen molar-refractivity contribution in [2.75, 3.05) is 5.73 Å². The van der Waals surface area contributed by atoms with Crippen LogP contribution in [0.4, 0.5) is 10.1 Å². The number of nitrogens with zero attached hydrogens (tertiary/aromatic N) is 2. The molecule has 1 aromatic carbocycles. The van der Waals surface area contributed by atoms with Crippen LogP contribution < -0.4 is 15.2 Å². The van der Waals surface area contributed by atoms with E-state index in [-0.39, 0.29) is 29.2 Å². The number of halogens is 1. The Hall–Kier alpha value is -2.81. The number of rotatable bonds is 4. The average Bonchev–Trinajstić information content (AvgIpc) is 2.42. The van der Waals surface area contributed by atoms with Gasteiger partial charge in [-0.25, -0.2) is 4.39 Å². The topological polar surface area (TPSA) is 81.2 Å². The zero-order valence-corrected chi connectivity index (χ0v) is 11.6. The van der Waals surface area contributed by atoms with E-state index >= 15 is 0 Å². The van der Waals surface area contributed by atoms with Gasteiger partial charge in [-0.15, -0.1) is 0 Å². The highest BCUT2D eigenvalue weighted by atomic mass is 19.1. The Morgan fingerprint density at radius 3 is 2.71 bits per heavy atom. The number of hydrogen-bond donors (Lipinski definition) is 1. The molecule has 0 spiro atoms. The highest BCUT2D eigenvalue weighted by molar-refractivity contribution is 5.51. The number of pyridine rings is 1. The lowest BCUT2D eigenvalue weighted by Crippen LogP contribution is -2.09. The Kier molecular flexibility index (Phi) is 4.24. The first-order chi connectivity index (χ1) is 10.0. The van der Waals surface area contributed by atoms with Crippen LogP contribution in [0.5, 0.6) is 17.5 Å². The maximum absolute atomic E-state index is 13.5. The predicted octanol–water partition coefficient (Wildman–Crippen LogP) is 3.25. The second-order valence-electron chi connectivity index (χ2n) is 4.54. The van der Waals surface area contributed by atoms with Crippen molar-refractivity contribution in [1.82, 2.24) is 4.98 Å². The number of hydrogen-bond acceptors (Lipinski definition) is 5. The molecule has 0 atom stereocenters. The van der Waals surface area contributed by atoms with Crippen molar-refractivity contribution in [3.63, 3.8) is 0 Å². The van der Waals surface area contributed by atoms with Gasteiger partial charge in [0.05, 0.1) is 11.8 Å². The highest BCUT2D eigenvalue weighted by Gasteiger charge is 2.12. The standard InChI is InChI=1S/C15H14FN3O2/c1-9(2)20-15-12(18)6-7-14(19-15)21-13-5-3-4-11(16)10(13)8-17/h3-7,9H,18H2,1-2H3. The monoisotopic (exact) mass is 287 g/mol. The molecule has 2 rings (SSSR count). The molecule has 1 aromatic heterocycles. The van der Waals surface area contributed by atoms with E-state index < -0.39 is 5.82 Å². The molecule has 0 unspecified atom stereocenters. The molecule has 5 nitrogen and oxygen atoms in total. The first-order valence-corrected chi connectivity index (χ1v) is 6.31. The van der Waals surface area contributed by atoms with Crippen molar-refractivity contribution < 1.29 is 13.9 Å². The van der Waals surface area contributed by atoms with E-state index in [0.717, 1.165) is 0 Å². The summed E-state index contributed by atoms with van der Waals surface area (Å²) >= 11 is 0. The second-order valence-corrected chi connectivity index (χ2v) is 4.54. The van der Waals surface area contributed by atoms with Crippen LogP contribution in [0, 0.1) is 17.1 Å². The van der Waals surface area contributed by atoms with E-state index in [1.54, 1.807) is 12.1 Å². The molecule has 0 radical (unpaired) electrons. The van der Waals surface area contributed by atoms with Gasteiger partial charge in [-0.3, -0.25) is 0 Å². The fraction of sp³-hybridized carbons (Fsp3) is 0.200. The lowest BCUT2D eigenvalue weighted by atomic mass is 10.2. The fourth-order valence-corrected chi connectivity index (χ4v) is 1.62. The summed E-state index contributed by atoms with van der Waals surface area (Å²) in [5.41, 5.74) is 5.95. The van der Waals surface area contributed by atoms with Gasteiger partial charge < -0.3 is 15.2 Å². The molecule has 0 fully saturated rings. The van der Waals surface area contributed by atoms with Crippen LogP contribution in [-0.4, -0.2) is 11.1 Å². The molecule has 0 aliphatic carbocycles. The first-order valence-electron chi connectivity index (χ1n) is 6.31. The van der Waals surface area contributed by atoms with E-state index in [1.165, 1.54) is 24.3 Å². The van der Waals surface area contributed by atoms with Gasteiger partial charge in [-0.05, 0) is 32.0 Å². The van der Waals surface area contributed by atoms with E-state index in [2.05, 4.69) is 4.98 Å². The molecule has 21 heavy (non-hydrogen) atoms. The first kappa shape index (κ1) is 14.6. The Bertz CT molecular complexity index is 696. The van der Waals surface area contributed by atoms with Crippen molar-refractivity contribution in [2.24, 2.45) is 0 Å². The molecular weight excluding hydrogens is 273 g/mol. The lowest BCUT2D eigenvalue weighted by Gasteiger charge is -2.13. The lowest BCUT2D eigenvalue weighted by molar-refractivity contribution is 0.232. The molecule has 2 N–H and O–H groups in total. The summed E-state index contributed by atoms with van der Waals surface area (Å²) in [6, 6.07) is 8.99.